The predicted octanol–water partition coefficient (Wildman–Crippen LogP) is 2.07. The van der Waals surface area contributed by atoms with Crippen LogP contribution in [0.25, 0.3) is 0 Å². The summed E-state index contributed by atoms with van der Waals surface area (Å²) in [6.45, 7) is 2.69. The molecule has 1 atom stereocenters. The van der Waals surface area contributed by atoms with Crippen molar-refractivity contribution in [2.45, 2.75) is 37.8 Å². The summed E-state index contributed by atoms with van der Waals surface area (Å²) in [6, 6.07) is 2.46. The molecule has 6 heteroatoms. The van der Waals surface area contributed by atoms with Gasteiger partial charge in [-0.1, -0.05) is 0 Å². The summed E-state index contributed by atoms with van der Waals surface area (Å²) in [7, 11) is 0. The van der Waals surface area contributed by atoms with Crippen molar-refractivity contribution in [2.75, 3.05) is 13.1 Å². The fourth-order valence-electron chi connectivity index (χ4n) is 2.91. The van der Waals surface area contributed by atoms with Gasteiger partial charge >= 0.3 is 0 Å². The molecule has 1 saturated carbocycles. The molecule has 1 unspecified atom stereocenters. The Morgan fingerprint density at radius 1 is 1.33 bits per heavy atom. The first-order valence-corrected chi connectivity index (χ1v) is 7.43. The van der Waals surface area contributed by atoms with E-state index < -0.39 is 0 Å². The summed E-state index contributed by atoms with van der Waals surface area (Å²) in [5.41, 5.74) is 0.621. The molecule has 1 aliphatic carbocycles. The van der Waals surface area contributed by atoms with E-state index in [1.165, 1.54) is 12.8 Å². The van der Waals surface area contributed by atoms with Crippen LogP contribution in [0, 0.1) is 11.3 Å². The number of nitrogens with zero attached hydrogens (tertiary/aromatic N) is 5. The lowest BCUT2D eigenvalue weighted by Gasteiger charge is -2.14. The molecule has 1 aliphatic heterocycles. The third-order valence-electron chi connectivity index (χ3n) is 4.26. The standard InChI is InChI=1S/C15H17N5O/c16-5-11-6-18-20(8-11)13-3-4-19(9-13)10-15-17-7-14(21-15)12-1-2-12/h6-8,12-13H,1-4,9-10H2. The molecule has 2 aromatic heterocycles. The minimum Gasteiger partial charge on any atom is -0.444 e. The first-order valence-electron chi connectivity index (χ1n) is 7.43. The van der Waals surface area contributed by atoms with Gasteiger partial charge in [-0.3, -0.25) is 9.58 Å². The highest BCUT2D eigenvalue weighted by atomic mass is 16.4. The number of hydrogen-bond donors (Lipinski definition) is 0. The Labute approximate surface area is 123 Å². The van der Waals surface area contributed by atoms with Crippen molar-refractivity contribution in [3.05, 3.63) is 35.8 Å². The van der Waals surface area contributed by atoms with Crippen molar-refractivity contribution in [3.8, 4) is 6.07 Å². The van der Waals surface area contributed by atoms with Gasteiger partial charge in [0.25, 0.3) is 0 Å². The molecule has 0 aromatic carbocycles. The topological polar surface area (TPSA) is 70.9 Å². The van der Waals surface area contributed by atoms with Gasteiger partial charge in [0.15, 0.2) is 0 Å². The zero-order valence-corrected chi connectivity index (χ0v) is 11.8. The summed E-state index contributed by atoms with van der Waals surface area (Å²) in [5, 5.41) is 13.1. The van der Waals surface area contributed by atoms with Gasteiger partial charge in [0, 0.05) is 25.2 Å². The number of nitriles is 1. The van der Waals surface area contributed by atoms with E-state index in [9.17, 15) is 0 Å². The first kappa shape index (κ1) is 12.6. The Kier molecular flexibility index (Phi) is 3.00. The molecule has 3 heterocycles. The average molecular weight is 283 g/mol. The summed E-state index contributed by atoms with van der Waals surface area (Å²) in [5.74, 6) is 2.48. The van der Waals surface area contributed by atoms with Gasteiger partial charge in [0.1, 0.15) is 11.8 Å². The van der Waals surface area contributed by atoms with E-state index in [-0.39, 0.29) is 0 Å². The van der Waals surface area contributed by atoms with Crippen LogP contribution in [0.3, 0.4) is 0 Å². The lowest BCUT2D eigenvalue weighted by molar-refractivity contribution is 0.274. The van der Waals surface area contributed by atoms with Gasteiger partial charge in [-0.15, -0.1) is 0 Å². The molecule has 1 saturated heterocycles. The average Bonchev–Trinajstić information content (AvgIpc) is 2.95. The van der Waals surface area contributed by atoms with Gasteiger partial charge in [-0.2, -0.15) is 10.4 Å². The zero-order valence-electron chi connectivity index (χ0n) is 11.8. The molecule has 0 N–H and O–H groups in total. The second-order valence-electron chi connectivity index (χ2n) is 5.93. The summed E-state index contributed by atoms with van der Waals surface area (Å²) in [6.07, 6.45) is 8.85. The van der Waals surface area contributed by atoms with Crippen LogP contribution in [-0.2, 0) is 6.54 Å². The SMILES string of the molecule is N#Cc1cnn(C2CCN(Cc3ncc(C4CC4)o3)C2)c1. The summed E-state index contributed by atoms with van der Waals surface area (Å²) in [4.78, 5) is 6.72. The molecule has 0 radical (unpaired) electrons. The summed E-state index contributed by atoms with van der Waals surface area (Å²) < 4.78 is 7.72. The lowest BCUT2D eigenvalue weighted by Crippen LogP contribution is -2.21. The van der Waals surface area contributed by atoms with Crippen LogP contribution < -0.4 is 0 Å². The summed E-state index contributed by atoms with van der Waals surface area (Å²) >= 11 is 0. The highest BCUT2D eigenvalue weighted by Crippen LogP contribution is 2.40. The lowest BCUT2D eigenvalue weighted by atomic mass is 10.3. The molecule has 0 amide bonds. The van der Waals surface area contributed by atoms with Gasteiger partial charge in [-0.25, -0.2) is 4.98 Å². The van der Waals surface area contributed by atoms with Crippen molar-refractivity contribution < 1.29 is 4.42 Å². The largest absolute Gasteiger partial charge is 0.444 e. The molecule has 0 bridgehead atoms. The maximum Gasteiger partial charge on any atom is 0.208 e. The van der Waals surface area contributed by atoms with E-state index in [0.29, 0.717) is 17.5 Å². The minimum absolute atomic E-state index is 0.338. The van der Waals surface area contributed by atoms with Crippen molar-refractivity contribution >= 4 is 0 Å². The number of likely N-dealkylation sites (tertiary alicyclic amines) is 1. The maximum atomic E-state index is 8.86. The van der Waals surface area contributed by atoms with Gasteiger partial charge in [-0.05, 0) is 19.3 Å². The number of hydrogen-bond acceptors (Lipinski definition) is 5. The highest BCUT2D eigenvalue weighted by Gasteiger charge is 2.29. The van der Waals surface area contributed by atoms with E-state index >= 15 is 0 Å². The number of aromatic nitrogens is 3. The molecular weight excluding hydrogens is 266 g/mol. The third kappa shape index (κ3) is 2.57. The fourth-order valence-corrected chi connectivity index (χ4v) is 2.91. The number of oxazole rings is 1. The minimum atomic E-state index is 0.338. The molecular formula is C15H17N5O. The van der Waals surface area contributed by atoms with Crippen molar-refractivity contribution in [3.63, 3.8) is 0 Å². The van der Waals surface area contributed by atoms with Crippen LogP contribution in [0.5, 0.6) is 0 Å². The molecule has 108 valence electrons. The third-order valence-corrected chi connectivity index (χ3v) is 4.26. The molecule has 2 aliphatic rings. The van der Waals surface area contributed by atoms with Crippen molar-refractivity contribution in [2.24, 2.45) is 0 Å². The Balaban J connectivity index is 1.38. The van der Waals surface area contributed by atoms with Gasteiger partial charge in [0.2, 0.25) is 5.89 Å². The smallest absolute Gasteiger partial charge is 0.208 e. The van der Waals surface area contributed by atoms with E-state index in [1.807, 2.05) is 17.1 Å². The Hall–Kier alpha value is -2.13. The molecule has 6 nitrogen and oxygen atoms in total. The Morgan fingerprint density at radius 2 is 2.24 bits per heavy atom. The van der Waals surface area contributed by atoms with Gasteiger partial charge in [0.05, 0.1) is 30.5 Å². The molecule has 21 heavy (non-hydrogen) atoms. The van der Waals surface area contributed by atoms with Crippen LogP contribution in [0.4, 0.5) is 0 Å². The second kappa shape index (κ2) is 5.01. The van der Waals surface area contributed by atoms with Crippen LogP contribution in [-0.4, -0.2) is 32.8 Å². The number of rotatable bonds is 4. The first-order chi connectivity index (χ1) is 10.3. The normalized spacial score (nSPS) is 22.5. The predicted molar refractivity (Wildman–Crippen MR) is 74.4 cm³/mol. The molecule has 2 aromatic rings. The molecule has 0 spiro atoms. The highest BCUT2D eigenvalue weighted by molar-refractivity contribution is 5.22. The molecule has 2 fully saturated rings. The van der Waals surface area contributed by atoms with Crippen molar-refractivity contribution in [1.82, 2.24) is 19.7 Å². The van der Waals surface area contributed by atoms with E-state index in [2.05, 4.69) is 21.1 Å². The fraction of sp³-hybridized carbons (Fsp3) is 0.533. The quantitative estimate of drug-likeness (QED) is 0.859. The monoisotopic (exact) mass is 283 g/mol. The van der Waals surface area contributed by atoms with E-state index in [0.717, 1.165) is 37.7 Å². The van der Waals surface area contributed by atoms with E-state index in [4.69, 9.17) is 9.68 Å². The van der Waals surface area contributed by atoms with Crippen LogP contribution in [0.1, 0.15) is 48.4 Å². The van der Waals surface area contributed by atoms with E-state index in [1.54, 1.807) is 6.20 Å². The van der Waals surface area contributed by atoms with Gasteiger partial charge < -0.3 is 4.42 Å². The Bertz CT molecular complexity index is 678. The second-order valence-corrected chi connectivity index (χ2v) is 5.93. The van der Waals surface area contributed by atoms with Crippen LogP contribution in [0.2, 0.25) is 0 Å². The Morgan fingerprint density at radius 3 is 3.00 bits per heavy atom. The van der Waals surface area contributed by atoms with Crippen LogP contribution in [0.15, 0.2) is 23.0 Å². The van der Waals surface area contributed by atoms with Crippen molar-refractivity contribution in [1.29, 1.82) is 5.26 Å². The maximum absolute atomic E-state index is 8.86. The molecule has 4 rings (SSSR count). The zero-order chi connectivity index (χ0) is 14.2. The van der Waals surface area contributed by atoms with Crippen LogP contribution >= 0.6 is 0 Å².